The van der Waals surface area contributed by atoms with Gasteiger partial charge in [-0.3, -0.25) is 0 Å². The van der Waals surface area contributed by atoms with Crippen LogP contribution in [0, 0.1) is 41.5 Å². The van der Waals surface area contributed by atoms with Gasteiger partial charge >= 0.3 is 5.97 Å². The van der Waals surface area contributed by atoms with Crippen LogP contribution in [-0.4, -0.2) is 17.2 Å². The molecule has 1 N–H and O–H groups in total. The summed E-state index contributed by atoms with van der Waals surface area (Å²) in [7, 11) is 0. The summed E-state index contributed by atoms with van der Waals surface area (Å²) in [6, 6.07) is 28.9. The SMILES string of the molecule is Cc1cc(C)c(N2C(c3ccccc3)C(c3ccccc3)N(c3c(C)cc(C)cc3C)C2C(=O)O)c(C)c1. The Kier molecular flexibility index (Phi) is 6.75. The Morgan fingerprint density at radius 3 is 1.18 bits per heavy atom. The number of hydrogen-bond acceptors (Lipinski definition) is 3. The second-order valence-electron chi connectivity index (χ2n) is 10.7. The van der Waals surface area contributed by atoms with Gasteiger partial charge in [0.05, 0.1) is 12.1 Å². The summed E-state index contributed by atoms with van der Waals surface area (Å²) in [4.78, 5) is 17.7. The van der Waals surface area contributed by atoms with Gasteiger partial charge in [0.15, 0.2) is 0 Å². The van der Waals surface area contributed by atoms with Crippen LogP contribution in [0.1, 0.15) is 56.6 Å². The normalized spacial score (nSPS) is 19.2. The molecule has 4 aromatic rings. The number of benzene rings is 4. The fourth-order valence-electron chi connectivity index (χ4n) is 6.65. The fraction of sp³-hybridized carbons (Fsp3) is 0.265. The van der Waals surface area contributed by atoms with Crippen molar-refractivity contribution in [3.8, 4) is 0 Å². The molecule has 1 saturated heterocycles. The third kappa shape index (κ3) is 4.34. The quantitative estimate of drug-likeness (QED) is 0.302. The van der Waals surface area contributed by atoms with Crippen molar-refractivity contribution in [1.29, 1.82) is 0 Å². The molecule has 0 bridgehead atoms. The Morgan fingerprint density at radius 2 is 0.895 bits per heavy atom. The van der Waals surface area contributed by atoms with Crippen molar-refractivity contribution in [2.75, 3.05) is 9.80 Å². The van der Waals surface area contributed by atoms with Gasteiger partial charge in [0, 0.05) is 11.4 Å². The number of anilines is 2. The maximum Gasteiger partial charge on any atom is 0.347 e. The third-order valence-electron chi connectivity index (χ3n) is 7.72. The molecule has 0 aromatic heterocycles. The summed E-state index contributed by atoms with van der Waals surface area (Å²) in [5, 5.41) is 11.0. The van der Waals surface area contributed by atoms with Crippen LogP contribution in [0.3, 0.4) is 0 Å². The van der Waals surface area contributed by atoms with Crippen LogP contribution in [0.4, 0.5) is 11.4 Å². The zero-order valence-electron chi connectivity index (χ0n) is 23.1. The van der Waals surface area contributed by atoms with E-state index < -0.39 is 12.1 Å². The lowest BCUT2D eigenvalue weighted by atomic mass is 9.91. The number of nitrogens with zero attached hydrogens (tertiary/aromatic N) is 2. The van der Waals surface area contributed by atoms with E-state index in [0.29, 0.717) is 0 Å². The maximum atomic E-state index is 13.4. The molecule has 1 heterocycles. The van der Waals surface area contributed by atoms with Gasteiger partial charge in [0.25, 0.3) is 0 Å². The molecule has 4 heteroatoms. The molecule has 2 unspecified atom stereocenters. The van der Waals surface area contributed by atoms with Crippen LogP contribution in [0.15, 0.2) is 84.9 Å². The lowest BCUT2D eigenvalue weighted by molar-refractivity contribution is -0.138. The molecule has 0 spiro atoms. The number of hydrogen-bond donors (Lipinski definition) is 1. The third-order valence-corrected chi connectivity index (χ3v) is 7.72. The van der Waals surface area contributed by atoms with Crippen LogP contribution in [0.25, 0.3) is 0 Å². The van der Waals surface area contributed by atoms with E-state index in [1.807, 2.05) is 36.4 Å². The number of carboxylic acids is 1. The first-order valence-electron chi connectivity index (χ1n) is 13.2. The summed E-state index contributed by atoms with van der Waals surface area (Å²) in [5.74, 6) is -0.858. The van der Waals surface area contributed by atoms with Gasteiger partial charge in [-0.25, -0.2) is 4.79 Å². The predicted octanol–water partition coefficient (Wildman–Crippen LogP) is 7.76. The lowest BCUT2D eigenvalue weighted by Crippen LogP contribution is -2.47. The molecule has 5 rings (SSSR count). The monoisotopic (exact) mass is 504 g/mol. The minimum Gasteiger partial charge on any atom is -0.478 e. The summed E-state index contributed by atoms with van der Waals surface area (Å²) < 4.78 is 0. The van der Waals surface area contributed by atoms with E-state index in [1.54, 1.807) is 0 Å². The first kappa shape index (κ1) is 25.6. The van der Waals surface area contributed by atoms with Gasteiger partial charge in [0.2, 0.25) is 6.17 Å². The van der Waals surface area contributed by atoms with E-state index in [0.717, 1.165) is 44.8 Å². The molecule has 1 fully saturated rings. The zero-order chi connectivity index (χ0) is 27.1. The summed E-state index contributed by atoms with van der Waals surface area (Å²) in [6.07, 6.45) is -0.898. The molecule has 2 atom stereocenters. The molecule has 1 aliphatic heterocycles. The smallest absolute Gasteiger partial charge is 0.347 e. The molecular formula is C34H36N2O2. The van der Waals surface area contributed by atoms with Crippen molar-refractivity contribution < 1.29 is 9.90 Å². The second-order valence-corrected chi connectivity index (χ2v) is 10.7. The first-order chi connectivity index (χ1) is 18.2. The molecule has 38 heavy (non-hydrogen) atoms. The van der Waals surface area contributed by atoms with Crippen molar-refractivity contribution in [3.63, 3.8) is 0 Å². The maximum absolute atomic E-state index is 13.4. The highest BCUT2D eigenvalue weighted by Gasteiger charge is 2.53. The van der Waals surface area contributed by atoms with Gasteiger partial charge in [-0.2, -0.15) is 0 Å². The van der Waals surface area contributed by atoms with Crippen LogP contribution in [0.5, 0.6) is 0 Å². The summed E-state index contributed by atoms with van der Waals surface area (Å²) >= 11 is 0. The molecule has 4 nitrogen and oxygen atoms in total. The molecular weight excluding hydrogens is 468 g/mol. The van der Waals surface area contributed by atoms with Crippen LogP contribution in [-0.2, 0) is 4.79 Å². The lowest BCUT2D eigenvalue weighted by Gasteiger charge is -2.35. The van der Waals surface area contributed by atoms with Crippen molar-refractivity contribution in [3.05, 3.63) is 129 Å². The van der Waals surface area contributed by atoms with Gasteiger partial charge in [-0.1, -0.05) is 96.1 Å². The van der Waals surface area contributed by atoms with Crippen LogP contribution in [0.2, 0.25) is 0 Å². The molecule has 0 aliphatic carbocycles. The predicted molar refractivity (Wildman–Crippen MR) is 156 cm³/mol. The van der Waals surface area contributed by atoms with Gasteiger partial charge in [-0.15, -0.1) is 0 Å². The Labute approximate surface area is 226 Å². The number of carbonyl (C=O) groups is 1. The fourth-order valence-corrected chi connectivity index (χ4v) is 6.65. The topological polar surface area (TPSA) is 43.8 Å². The number of rotatable bonds is 5. The Hall–Kier alpha value is -4.05. The second kappa shape index (κ2) is 10.0. The van der Waals surface area contributed by atoms with Gasteiger partial charge in [0.1, 0.15) is 0 Å². The molecule has 0 radical (unpaired) electrons. The van der Waals surface area contributed by atoms with Gasteiger partial charge in [-0.05, 0) is 74.9 Å². The van der Waals surface area contributed by atoms with Crippen molar-refractivity contribution in [2.24, 2.45) is 0 Å². The van der Waals surface area contributed by atoms with E-state index in [4.69, 9.17) is 0 Å². The molecule has 0 amide bonds. The van der Waals surface area contributed by atoms with Crippen LogP contribution >= 0.6 is 0 Å². The van der Waals surface area contributed by atoms with Crippen molar-refractivity contribution in [2.45, 2.75) is 59.8 Å². The Balaban J connectivity index is 1.89. The number of carboxylic acid groups (broad SMARTS) is 1. The van der Waals surface area contributed by atoms with E-state index >= 15 is 0 Å². The average molecular weight is 505 g/mol. The van der Waals surface area contributed by atoms with E-state index in [-0.39, 0.29) is 12.1 Å². The minimum absolute atomic E-state index is 0.222. The molecule has 4 aromatic carbocycles. The zero-order valence-corrected chi connectivity index (χ0v) is 23.1. The average Bonchev–Trinajstić information content (AvgIpc) is 3.19. The standard InChI is InChI=1S/C34H36N2O2/c1-21-17-23(3)29(24(4)18-21)35-31(27-13-9-7-10-14-27)32(28-15-11-8-12-16-28)36(33(35)34(37)38)30-25(5)19-22(2)20-26(30)6/h7-20,31-33H,1-6H3,(H,37,38). The largest absolute Gasteiger partial charge is 0.478 e. The highest BCUT2D eigenvalue weighted by molar-refractivity contribution is 5.87. The molecule has 0 saturated carbocycles. The van der Waals surface area contributed by atoms with Crippen molar-refractivity contribution in [1.82, 2.24) is 0 Å². The summed E-state index contributed by atoms with van der Waals surface area (Å²) in [5.41, 5.74) is 10.8. The first-order valence-corrected chi connectivity index (χ1v) is 13.2. The van der Waals surface area contributed by atoms with E-state index in [9.17, 15) is 9.90 Å². The summed E-state index contributed by atoms with van der Waals surface area (Å²) in [6.45, 7) is 12.6. The number of aryl methyl sites for hydroxylation is 6. The van der Waals surface area contributed by atoms with Crippen molar-refractivity contribution >= 4 is 17.3 Å². The van der Waals surface area contributed by atoms with Crippen LogP contribution < -0.4 is 9.80 Å². The Bertz CT molecular complexity index is 1330. The van der Waals surface area contributed by atoms with E-state index in [1.165, 1.54) is 11.1 Å². The highest BCUT2D eigenvalue weighted by Crippen LogP contribution is 2.53. The molecule has 194 valence electrons. The van der Waals surface area contributed by atoms with Gasteiger partial charge < -0.3 is 14.9 Å². The molecule has 1 aliphatic rings. The minimum atomic E-state index is -0.898. The number of aliphatic carboxylic acids is 1. The van der Waals surface area contributed by atoms with E-state index in [2.05, 4.69) is 99.9 Å². The Morgan fingerprint density at radius 1 is 0.579 bits per heavy atom. The highest BCUT2D eigenvalue weighted by atomic mass is 16.4.